The van der Waals surface area contributed by atoms with Gasteiger partial charge >= 0.3 is 5.97 Å². The summed E-state index contributed by atoms with van der Waals surface area (Å²) in [7, 11) is 1.58. The maximum atomic E-state index is 13.2. The van der Waals surface area contributed by atoms with Crippen LogP contribution in [-0.2, 0) is 36.9 Å². The zero-order chi connectivity index (χ0) is 25.2. The average Bonchev–Trinajstić information content (AvgIpc) is 2.89. The van der Waals surface area contributed by atoms with E-state index >= 15 is 0 Å². The highest BCUT2D eigenvalue weighted by atomic mass is 32.2. The minimum atomic E-state index is -0.722. The molecule has 0 saturated carbocycles. The molecule has 0 aromatic heterocycles. The molecule has 2 heterocycles. The Morgan fingerprint density at radius 2 is 1.81 bits per heavy atom. The van der Waals surface area contributed by atoms with Crippen molar-refractivity contribution in [3.8, 4) is 5.75 Å². The van der Waals surface area contributed by atoms with Crippen molar-refractivity contribution < 1.29 is 28.6 Å². The van der Waals surface area contributed by atoms with Crippen LogP contribution in [0.15, 0.2) is 77.7 Å². The second-order valence-corrected chi connectivity index (χ2v) is 9.76. The van der Waals surface area contributed by atoms with Crippen molar-refractivity contribution in [2.75, 3.05) is 13.7 Å². The van der Waals surface area contributed by atoms with E-state index in [-0.39, 0.29) is 35.8 Å². The fraction of sp³-hybridized carbons (Fsp3) is 0.296. The maximum absolute atomic E-state index is 13.2. The summed E-state index contributed by atoms with van der Waals surface area (Å²) < 4.78 is 16.5. The molecule has 0 unspecified atom stereocenters. The fourth-order valence-corrected chi connectivity index (χ4v) is 5.94. The maximum Gasteiger partial charge on any atom is 0.355 e. The molecule has 8 nitrogen and oxygen atoms in total. The summed E-state index contributed by atoms with van der Waals surface area (Å²) in [5, 5.41) is 2.25. The summed E-state index contributed by atoms with van der Waals surface area (Å²) in [6, 6.07) is 15.8. The van der Waals surface area contributed by atoms with Crippen LogP contribution in [0, 0.1) is 0 Å². The Balaban J connectivity index is 1.31. The average molecular weight is 507 g/mol. The Hall–Kier alpha value is -3.72. The second kappa shape index (κ2) is 10.1. The number of carbonyl (C=O) groups is 3. The summed E-state index contributed by atoms with van der Waals surface area (Å²) in [5.74, 6) is 0.318. The van der Waals surface area contributed by atoms with E-state index in [1.807, 2.05) is 49.4 Å². The van der Waals surface area contributed by atoms with Crippen molar-refractivity contribution in [1.29, 1.82) is 0 Å². The van der Waals surface area contributed by atoms with Gasteiger partial charge in [0.1, 0.15) is 35.2 Å². The zero-order valence-electron chi connectivity index (χ0n) is 19.9. The molecule has 1 N–H and O–H groups in total. The Kier molecular flexibility index (Phi) is 6.73. The van der Waals surface area contributed by atoms with E-state index in [9.17, 15) is 14.4 Å². The van der Waals surface area contributed by atoms with Gasteiger partial charge < -0.3 is 19.5 Å². The van der Waals surface area contributed by atoms with Crippen LogP contribution in [0.4, 0.5) is 0 Å². The van der Waals surface area contributed by atoms with Crippen molar-refractivity contribution in [1.82, 2.24) is 10.2 Å². The molecule has 1 saturated heterocycles. The number of nitrogens with one attached hydrogen (secondary N) is 1. The van der Waals surface area contributed by atoms with Crippen LogP contribution in [0.3, 0.4) is 0 Å². The lowest BCUT2D eigenvalue weighted by atomic mass is 9.93. The Morgan fingerprint density at radius 3 is 2.50 bits per heavy atom. The highest BCUT2D eigenvalue weighted by molar-refractivity contribution is 8.01. The largest absolute Gasteiger partial charge is 0.497 e. The number of methoxy groups -OCH3 is 1. The first-order valence-electron chi connectivity index (χ1n) is 11.7. The van der Waals surface area contributed by atoms with Crippen LogP contribution in [0.5, 0.6) is 5.75 Å². The number of esters is 1. The minimum absolute atomic E-state index is 0.0589. The molecule has 0 spiro atoms. The third-order valence-electron chi connectivity index (χ3n) is 6.23. The second-order valence-electron chi connectivity index (χ2n) is 8.53. The first-order chi connectivity index (χ1) is 17.5. The van der Waals surface area contributed by atoms with Crippen LogP contribution >= 0.6 is 11.8 Å². The van der Waals surface area contributed by atoms with Gasteiger partial charge in [-0.15, -0.1) is 11.8 Å². The smallest absolute Gasteiger partial charge is 0.355 e. The lowest BCUT2D eigenvalue weighted by molar-refractivity contribution is -0.153. The zero-order valence-corrected chi connectivity index (χ0v) is 20.7. The highest BCUT2D eigenvalue weighted by Crippen LogP contribution is 2.51. The number of β-lactam (4-membered cyclic amide) rings is 1. The van der Waals surface area contributed by atoms with Gasteiger partial charge in [0, 0.05) is 5.57 Å². The molecule has 2 aliphatic heterocycles. The Morgan fingerprint density at radius 1 is 1.06 bits per heavy atom. The van der Waals surface area contributed by atoms with Gasteiger partial charge in [0.05, 0.1) is 25.4 Å². The molecular formula is C27H26N2O6S. The third-order valence-corrected chi connectivity index (χ3v) is 7.75. The van der Waals surface area contributed by atoms with Gasteiger partial charge in [-0.05, 0) is 36.3 Å². The lowest BCUT2D eigenvalue weighted by Crippen LogP contribution is -2.71. The minimum Gasteiger partial charge on any atom is -0.497 e. The number of allylic oxidation sites excluding steroid dienone is 1. The number of nitrogens with zero attached hydrogens (tertiary/aromatic N) is 1. The fourth-order valence-electron chi connectivity index (χ4n) is 4.39. The molecule has 3 atom stereocenters. The van der Waals surface area contributed by atoms with Crippen LogP contribution < -0.4 is 10.1 Å². The topological polar surface area (TPSA) is 94.2 Å². The van der Waals surface area contributed by atoms with Crippen LogP contribution in [0.1, 0.15) is 18.1 Å². The summed E-state index contributed by atoms with van der Waals surface area (Å²) >= 11 is 1.50. The first kappa shape index (κ1) is 24.0. The first-order valence-corrected chi connectivity index (χ1v) is 12.6. The molecular weight excluding hydrogens is 480 g/mol. The van der Waals surface area contributed by atoms with Crippen LogP contribution in [0.25, 0.3) is 0 Å². The highest BCUT2D eigenvalue weighted by Gasteiger charge is 2.58. The van der Waals surface area contributed by atoms with Crippen molar-refractivity contribution in [2.24, 2.45) is 0 Å². The number of thioether (sulfide) groups is 1. The number of benzene rings is 2. The molecule has 0 radical (unpaired) electrons. The summed E-state index contributed by atoms with van der Waals surface area (Å²) in [5.41, 5.74) is 2.59. The van der Waals surface area contributed by atoms with E-state index in [4.69, 9.17) is 14.2 Å². The van der Waals surface area contributed by atoms with E-state index in [0.717, 1.165) is 16.9 Å². The Labute approximate surface area is 213 Å². The number of hydrogen-bond acceptors (Lipinski definition) is 7. The summed E-state index contributed by atoms with van der Waals surface area (Å²) in [6.07, 6.45) is 1.96. The van der Waals surface area contributed by atoms with Crippen LogP contribution in [-0.4, -0.2) is 53.1 Å². The number of fused-ring (bicyclic) bond motifs is 2. The molecule has 1 aliphatic carbocycles. The van der Waals surface area contributed by atoms with E-state index in [1.54, 1.807) is 25.3 Å². The summed E-state index contributed by atoms with van der Waals surface area (Å²) in [4.78, 5) is 40.4. The van der Waals surface area contributed by atoms with Gasteiger partial charge in [-0.1, -0.05) is 42.5 Å². The molecule has 2 amide bonds. The SMILES string of the molecule is CCOC1=CC2=C(C(=O)OCc3ccc(OC)cc3)N3C(=O)[C@@H](NC(=O)Cc4ccccc4)[C@H]3S[C@@H]12. The molecule has 9 heteroatoms. The number of rotatable bonds is 9. The molecule has 186 valence electrons. The molecule has 2 aromatic carbocycles. The summed E-state index contributed by atoms with van der Waals surface area (Å²) in [6.45, 7) is 2.45. The predicted octanol–water partition coefficient (Wildman–Crippen LogP) is 2.94. The van der Waals surface area contributed by atoms with Gasteiger partial charge in [0.25, 0.3) is 5.91 Å². The van der Waals surface area contributed by atoms with Crippen LogP contribution in [0.2, 0.25) is 0 Å². The monoisotopic (exact) mass is 506 g/mol. The van der Waals surface area contributed by atoms with Crippen molar-refractivity contribution >= 4 is 29.5 Å². The third kappa shape index (κ3) is 4.46. The molecule has 2 aromatic rings. The van der Waals surface area contributed by atoms with Crippen molar-refractivity contribution in [3.05, 3.63) is 88.8 Å². The predicted molar refractivity (Wildman–Crippen MR) is 134 cm³/mol. The van der Waals surface area contributed by atoms with Gasteiger partial charge in [-0.25, -0.2) is 4.79 Å². The van der Waals surface area contributed by atoms with Gasteiger partial charge in [0.2, 0.25) is 5.91 Å². The van der Waals surface area contributed by atoms with Gasteiger partial charge in [-0.2, -0.15) is 0 Å². The van der Waals surface area contributed by atoms with E-state index < -0.39 is 17.4 Å². The molecule has 3 aliphatic rings. The van der Waals surface area contributed by atoms with Gasteiger partial charge in [-0.3, -0.25) is 14.5 Å². The quantitative estimate of drug-likeness (QED) is 0.413. The molecule has 36 heavy (non-hydrogen) atoms. The van der Waals surface area contributed by atoms with Gasteiger partial charge in [0.15, 0.2) is 0 Å². The lowest BCUT2D eigenvalue weighted by Gasteiger charge is -2.53. The molecule has 5 rings (SSSR count). The molecule has 1 fully saturated rings. The Bertz CT molecular complexity index is 1240. The standard InChI is InChI=1S/C27H26N2O6S/c1-3-34-20-14-19-23(27(32)35-15-17-9-11-18(33-2)12-10-17)29-25(31)22(26(29)36-24(19)20)28-21(30)13-16-7-5-4-6-8-16/h4-12,14,22,24,26H,3,13,15H2,1-2H3,(H,28,30)/t22-,24-,26-/m1/s1. The molecule has 0 bridgehead atoms. The number of ether oxygens (including phenoxy) is 3. The van der Waals surface area contributed by atoms with E-state index in [2.05, 4.69) is 5.32 Å². The van der Waals surface area contributed by atoms with Crippen molar-refractivity contribution in [3.63, 3.8) is 0 Å². The number of carbonyl (C=O) groups excluding carboxylic acids is 3. The normalized spacial score (nSPS) is 21.8. The number of hydrogen-bond donors (Lipinski definition) is 1. The number of amides is 2. The van der Waals surface area contributed by atoms with E-state index in [0.29, 0.717) is 17.9 Å². The van der Waals surface area contributed by atoms with E-state index in [1.165, 1.54) is 16.7 Å². The van der Waals surface area contributed by atoms with Crippen molar-refractivity contribution in [2.45, 2.75) is 36.6 Å².